The number of hydrogen-bond donors (Lipinski definition) is 2. The first-order valence-electron chi connectivity index (χ1n) is 8.76. The minimum Gasteiger partial charge on any atom is -0.369 e. The van der Waals surface area contributed by atoms with Gasteiger partial charge in [-0.15, -0.1) is 0 Å². The van der Waals surface area contributed by atoms with Gasteiger partial charge in [0.15, 0.2) is 5.11 Å². The molecule has 4 nitrogen and oxygen atoms in total. The van der Waals surface area contributed by atoms with E-state index in [1.807, 2.05) is 19.1 Å². The largest absolute Gasteiger partial charge is 0.369 e. The molecular formula is C20H22FN3OS. The molecule has 0 bridgehead atoms. The predicted molar refractivity (Wildman–Crippen MR) is 107 cm³/mol. The van der Waals surface area contributed by atoms with Crippen molar-refractivity contribution in [2.75, 3.05) is 23.3 Å². The molecule has 0 radical (unpaired) electrons. The van der Waals surface area contributed by atoms with E-state index < -0.39 is 0 Å². The highest BCUT2D eigenvalue weighted by Crippen LogP contribution is 2.25. The van der Waals surface area contributed by atoms with Crippen LogP contribution in [0.4, 0.5) is 15.8 Å². The van der Waals surface area contributed by atoms with Crippen LogP contribution in [-0.2, 0) is 0 Å². The lowest BCUT2D eigenvalue weighted by molar-refractivity contribution is 0.0977. The zero-order chi connectivity index (χ0) is 18.5. The lowest BCUT2D eigenvalue weighted by Crippen LogP contribution is -2.34. The lowest BCUT2D eigenvalue weighted by Gasteiger charge is -2.29. The van der Waals surface area contributed by atoms with E-state index in [0.29, 0.717) is 16.9 Å². The molecule has 26 heavy (non-hydrogen) atoms. The maximum atomic E-state index is 14.4. The van der Waals surface area contributed by atoms with Gasteiger partial charge in [0.2, 0.25) is 0 Å². The number of nitrogens with zero attached hydrogens (tertiary/aromatic N) is 1. The van der Waals surface area contributed by atoms with E-state index >= 15 is 0 Å². The summed E-state index contributed by atoms with van der Waals surface area (Å²) in [5.74, 6) is -0.586. The number of amides is 1. The Bertz CT molecular complexity index is 801. The highest BCUT2D eigenvalue weighted by Gasteiger charge is 2.15. The normalized spacial score (nSPS) is 14.0. The quantitative estimate of drug-likeness (QED) is 0.792. The Kier molecular flexibility index (Phi) is 5.83. The Balaban J connectivity index is 1.61. The van der Waals surface area contributed by atoms with Gasteiger partial charge in [0.1, 0.15) is 5.82 Å². The maximum Gasteiger partial charge on any atom is 0.257 e. The molecular weight excluding hydrogens is 349 g/mol. The first-order valence-corrected chi connectivity index (χ1v) is 9.17. The number of carbonyl (C=O) groups is 1. The fraction of sp³-hybridized carbons (Fsp3) is 0.300. The molecule has 3 rings (SSSR count). The van der Waals surface area contributed by atoms with Crippen LogP contribution in [0, 0.1) is 12.7 Å². The highest BCUT2D eigenvalue weighted by molar-refractivity contribution is 7.80. The number of anilines is 2. The lowest BCUT2D eigenvalue weighted by atomic mass is 10.1. The van der Waals surface area contributed by atoms with E-state index in [0.717, 1.165) is 31.5 Å². The number of thiocarbonyl (C=S) groups is 1. The molecule has 6 heteroatoms. The van der Waals surface area contributed by atoms with Gasteiger partial charge < -0.3 is 10.2 Å². The van der Waals surface area contributed by atoms with Crippen molar-refractivity contribution in [3.63, 3.8) is 0 Å². The molecule has 0 unspecified atom stereocenters. The summed E-state index contributed by atoms with van der Waals surface area (Å²) in [7, 11) is 0. The van der Waals surface area contributed by atoms with Gasteiger partial charge in [0, 0.05) is 24.3 Å². The van der Waals surface area contributed by atoms with E-state index in [4.69, 9.17) is 12.2 Å². The fourth-order valence-electron chi connectivity index (χ4n) is 3.02. The van der Waals surface area contributed by atoms with Gasteiger partial charge in [-0.25, -0.2) is 4.39 Å². The second kappa shape index (κ2) is 8.27. The molecule has 0 atom stereocenters. The molecule has 136 valence electrons. The molecule has 1 fully saturated rings. The van der Waals surface area contributed by atoms with Crippen molar-refractivity contribution in [1.82, 2.24) is 5.32 Å². The van der Waals surface area contributed by atoms with Gasteiger partial charge >= 0.3 is 0 Å². The monoisotopic (exact) mass is 371 g/mol. The molecule has 1 aliphatic heterocycles. The summed E-state index contributed by atoms with van der Waals surface area (Å²) >= 11 is 5.16. The molecule has 0 aromatic heterocycles. The minimum absolute atomic E-state index is 0.140. The Morgan fingerprint density at radius 2 is 1.77 bits per heavy atom. The molecule has 2 aromatic carbocycles. The van der Waals surface area contributed by atoms with E-state index in [2.05, 4.69) is 15.5 Å². The molecule has 2 aromatic rings. The van der Waals surface area contributed by atoms with Crippen molar-refractivity contribution in [3.8, 4) is 0 Å². The average Bonchev–Trinajstić information content (AvgIpc) is 2.63. The zero-order valence-corrected chi connectivity index (χ0v) is 15.5. The van der Waals surface area contributed by atoms with Crippen molar-refractivity contribution in [2.45, 2.75) is 26.2 Å². The smallest absolute Gasteiger partial charge is 0.257 e. The highest BCUT2D eigenvalue weighted by atomic mass is 32.1. The topological polar surface area (TPSA) is 44.4 Å². The van der Waals surface area contributed by atoms with Gasteiger partial charge in [0.05, 0.1) is 5.69 Å². The first-order chi connectivity index (χ1) is 12.5. The number of carbonyl (C=O) groups excluding carboxylic acids is 1. The van der Waals surface area contributed by atoms with Gasteiger partial charge in [-0.05, 0) is 68.7 Å². The van der Waals surface area contributed by atoms with Crippen molar-refractivity contribution in [2.24, 2.45) is 0 Å². The number of piperidine rings is 1. The molecule has 2 N–H and O–H groups in total. The third-order valence-electron chi connectivity index (χ3n) is 4.44. The average molecular weight is 371 g/mol. The Labute approximate surface area is 158 Å². The second-order valence-corrected chi connectivity index (χ2v) is 6.90. The third-order valence-corrected chi connectivity index (χ3v) is 4.65. The second-order valence-electron chi connectivity index (χ2n) is 6.49. The third kappa shape index (κ3) is 4.58. The van der Waals surface area contributed by atoms with Crippen LogP contribution in [-0.4, -0.2) is 24.1 Å². The molecule has 1 aliphatic rings. The summed E-state index contributed by atoms with van der Waals surface area (Å²) in [6.07, 6.45) is 3.38. The predicted octanol–water partition coefficient (Wildman–Crippen LogP) is 4.25. The number of halogens is 1. The fourth-order valence-corrected chi connectivity index (χ4v) is 3.23. The van der Waals surface area contributed by atoms with E-state index in [-0.39, 0.29) is 16.8 Å². The maximum absolute atomic E-state index is 14.4. The molecule has 1 amide bonds. The summed E-state index contributed by atoms with van der Waals surface area (Å²) < 4.78 is 14.4. The summed E-state index contributed by atoms with van der Waals surface area (Å²) in [6, 6.07) is 12.1. The summed E-state index contributed by atoms with van der Waals surface area (Å²) in [6.45, 7) is 3.72. The summed E-state index contributed by atoms with van der Waals surface area (Å²) in [5.41, 5.74) is 2.72. The van der Waals surface area contributed by atoms with Gasteiger partial charge in [-0.3, -0.25) is 10.1 Å². The van der Waals surface area contributed by atoms with Crippen molar-refractivity contribution >= 4 is 34.6 Å². The van der Waals surface area contributed by atoms with E-state index in [9.17, 15) is 9.18 Å². The van der Waals surface area contributed by atoms with Crippen LogP contribution < -0.4 is 15.5 Å². The van der Waals surface area contributed by atoms with E-state index in [1.54, 1.807) is 24.3 Å². The van der Waals surface area contributed by atoms with Crippen LogP contribution in [0.3, 0.4) is 0 Å². The van der Waals surface area contributed by atoms with Crippen LogP contribution in [0.1, 0.15) is 35.2 Å². The summed E-state index contributed by atoms with van der Waals surface area (Å²) in [5, 5.41) is 5.62. The Hall–Kier alpha value is -2.47. The molecule has 0 saturated carbocycles. The number of hydrogen-bond acceptors (Lipinski definition) is 3. The molecule has 1 saturated heterocycles. The first kappa shape index (κ1) is 18.3. The molecule has 1 heterocycles. The van der Waals surface area contributed by atoms with Gasteiger partial charge in [0.25, 0.3) is 5.91 Å². The SMILES string of the molecule is Cc1ccc(C(=O)NC(=S)Nc2ccc(N3CCCCC3)c(F)c2)cc1. The van der Waals surface area contributed by atoms with Crippen molar-refractivity contribution < 1.29 is 9.18 Å². The van der Waals surface area contributed by atoms with E-state index in [1.165, 1.54) is 12.5 Å². The van der Waals surface area contributed by atoms with Gasteiger partial charge in [-0.2, -0.15) is 0 Å². The van der Waals surface area contributed by atoms with Crippen LogP contribution in [0.2, 0.25) is 0 Å². The number of benzene rings is 2. The number of aryl methyl sites for hydroxylation is 1. The Morgan fingerprint density at radius 3 is 2.42 bits per heavy atom. The Morgan fingerprint density at radius 1 is 1.08 bits per heavy atom. The minimum atomic E-state index is -0.298. The van der Waals surface area contributed by atoms with Crippen LogP contribution in [0.25, 0.3) is 0 Å². The van der Waals surface area contributed by atoms with Crippen molar-refractivity contribution in [1.29, 1.82) is 0 Å². The van der Waals surface area contributed by atoms with Crippen molar-refractivity contribution in [3.05, 3.63) is 59.4 Å². The summed E-state index contributed by atoms with van der Waals surface area (Å²) in [4.78, 5) is 14.2. The standard InChI is InChI=1S/C20H22FN3OS/c1-14-5-7-15(8-6-14)19(25)23-20(26)22-16-9-10-18(17(21)13-16)24-11-3-2-4-12-24/h5-10,13H,2-4,11-12H2,1H3,(H2,22,23,25,26). The number of rotatable bonds is 3. The van der Waals surface area contributed by atoms with Gasteiger partial charge in [-0.1, -0.05) is 17.7 Å². The molecule has 0 spiro atoms. The number of nitrogens with one attached hydrogen (secondary N) is 2. The van der Waals surface area contributed by atoms with Crippen LogP contribution in [0.15, 0.2) is 42.5 Å². The van der Waals surface area contributed by atoms with Crippen LogP contribution in [0.5, 0.6) is 0 Å². The van der Waals surface area contributed by atoms with Crippen LogP contribution >= 0.6 is 12.2 Å². The molecule has 0 aliphatic carbocycles. The zero-order valence-electron chi connectivity index (χ0n) is 14.7.